The third kappa shape index (κ3) is 8.34. The minimum atomic E-state index is -0.556. The summed E-state index contributed by atoms with van der Waals surface area (Å²) < 4.78 is 4.66. The molecule has 1 heterocycles. The summed E-state index contributed by atoms with van der Waals surface area (Å²) in [4.78, 5) is 22.8. The molecule has 1 atom stereocenters. The fourth-order valence-corrected chi connectivity index (χ4v) is 3.08. The van der Waals surface area contributed by atoms with Gasteiger partial charge >= 0.3 is 11.9 Å². The lowest BCUT2D eigenvalue weighted by Gasteiger charge is -2.16. The van der Waals surface area contributed by atoms with Gasteiger partial charge in [0.2, 0.25) is 0 Å². The van der Waals surface area contributed by atoms with E-state index in [2.05, 4.69) is 23.8 Å². The van der Waals surface area contributed by atoms with Crippen molar-refractivity contribution in [3.63, 3.8) is 0 Å². The molecule has 0 spiro atoms. The van der Waals surface area contributed by atoms with Crippen molar-refractivity contribution in [2.24, 2.45) is 5.41 Å². The number of hydrogen-bond donors (Lipinski definition) is 0. The van der Waals surface area contributed by atoms with Gasteiger partial charge in [-0.1, -0.05) is 64.0 Å². The molecule has 0 aliphatic carbocycles. The quantitative estimate of drug-likeness (QED) is 0.188. The van der Waals surface area contributed by atoms with Crippen LogP contribution in [-0.2, 0) is 14.3 Å². The van der Waals surface area contributed by atoms with Gasteiger partial charge in [0.05, 0.1) is 11.8 Å². The van der Waals surface area contributed by atoms with E-state index in [4.69, 9.17) is 0 Å². The van der Waals surface area contributed by atoms with Crippen molar-refractivity contribution in [1.82, 2.24) is 0 Å². The maximum Gasteiger partial charge on any atom is 0.320 e. The summed E-state index contributed by atoms with van der Waals surface area (Å²) in [6, 6.07) is 0. The van der Waals surface area contributed by atoms with Crippen LogP contribution in [-0.4, -0.2) is 11.9 Å². The lowest BCUT2D eigenvalue weighted by molar-refractivity contribution is -0.155. The third-order valence-electron chi connectivity index (χ3n) is 4.72. The number of hydrogen-bond acceptors (Lipinski definition) is 3. The van der Waals surface area contributed by atoms with Gasteiger partial charge in [0, 0.05) is 0 Å². The van der Waals surface area contributed by atoms with Crippen molar-refractivity contribution in [2.45, 2.75) is 97.3 Å². The number of allylic oxidation sites excluding steroid dienone is 2. The van der Waals surface area contributed by atoms with Crippen molar-refractivity contribution in [2.75, 3.05) is 0 Å². The van der Waals surface area contributed by atoms with Crippen molar-refractivity contribution < 1.29 is 14.3 Å². The van der Waals surface area contributed by atoms with E-state index in [0.717, 1.165) is 19.3 Å². The highest BCUT2D eigenvalue weighted by Gasteiger charge is 2.44. The SMILES string of the molecule is CCCCCC=CCCCCCCCCC1(C)CC(=O)OC1=O. The lowest BCUT2D eigenvalue weighted by Crippen LogP contribution is -2.22. The first-order valence-corrected chi connectivity index (χ1v) is 9.48. The van der Waals surface area contributed by atoms with Crippen LogP contribution in [0.1, 0.15) is 97.3 Å². The zero-order chi connectivity index (χ0) is 17.0. The minimum absolute atomic E-state index is 0.260. The van der Waals surface area contributed by atoms with Crippen LogP contribution < -0.4 is 0 Å². The molecule has 23 heavy (non-hydrogen) atoms. The Morgan fingerprint density at radius 1 is 0.913 bits per heavy atom. The third-order valence-corrected chi connectivity index (χ3v) is 4.72. The second-order valence-corrected chi connectivity index (χ2v) is 7.13. The predicted molar refractivity (Wildman–Crippen MR) is 94.0 cm³/mol. The van der Waals surface area contributed by atoms with Gasteiger partial charge < -0.3 is 4.74 Å². The number of ether oxygens (including phenoxy) is 1. The molecule has 1 aliphatic heterocycles. The van der Waals surface area contributed by atoms with E-state index >= 15 is 0 Å². The predicted octanol–water partition coefficient (Wildman–Crippen LogP) is 5.72. The molecule has 1 rings (SSSR count). The van der Waals surface area contributed by atoms with E-state index in [0.29, 0.717) is 0 Å². The standard InChI is InChI=1S/C20H34O3/c1-3-4-5-6-7-8-9-10-11-12-13-14-15-16-20(2)17-18(21)23-19(20)22/h7-8H,3-6,9-17H2,1-2H3. The van der Waals surface area contributed by atoms with Gasteiger partial charge in [-0.2, -0.15) is 0 Å². The monoisotopic (exact) mass is 322 g/mol. The van der Waals surface area contributed by atoms with Crippen molar-refractivity contribution in [3.05, 3.63) is 12.2 Å². The summed E-state index contributed by atoms with van der Waals surface area (Å²) >= 11 is 0. The Morgan fingerprint density at radius 3 is 2.04 bits per heavy atom. The molecule has 3 nitrogen and oxygen atoms in total. The molecule has 1 fully saturated rings. The second kappa shape index (κ2) is 11.4. The maximum atomic E-state index is 11.6. The average molecular weight is 322 g/mol. The highest BCUT2D eigenvalue weighted by atomic mass is 16.6. The molecule has 0 aromatic heterocycles. The molecule has 1 saturated heterocycles. The smallest absolute Gasteiger partial charge is 0.320 e. The zero-order valence-electron chi connectivity index (χ0n) is 15.1. The first-order valence-electron chi connectivity index (χ1n) is 9.48. The van der Waals surface area contributed by atoms with Crippen LogP contribution >= 0.6 is 0 Å². The van der Waals surface area contributed by atoms with Crippen molar-refractivity contribution in [1.29, 1.82) is 0 Å². The topological polar surface area (TPSA) is 43.4 Å². The number of carbonyl (C=O) groups is 2. The molecule has 0 N–H and O–H groups in total. The van der Waals surface area contributed by atoms with Gasteiger partial charge in [0.1, 0.15) is 0 Å². The van der Waals surface area contributed by atoms with Crippen LogP contribution in [0.4, 0.5) is 0 Å². The Balaban J connectivity index is 1.90. The number of rotatable bonds is 13. The number of carbonyl (C=O) groups excluding carboxylic acids is 2. The number of unbranched alkanes of at least 4 members (excludes halogenated alkanes) is 9. The largest absolute Gasteiger partial charge is 0.393 e. The van der Waals surface area contributed by atoms with Crippen LogP contribution in [0.2, 0.25) is 0 Å². The van der Waals surface area contributed by atoms with Crippen LogP contribution in [0.5, 0.6) is 0 Å². The van der Waals surface area contributed by atoms with Gasteiger partial charge in [0.15, 0.2) is 0 Å². The lowest BCUT2D eigenvalue weighted by atomic mass is 9.83. The first kappa shape index (κ1) is 19.9. The molecule has 132 valence electrons. The normalized spacial score (nSPS) is 21.3. The molecule has 0 radical (unpaired) electrons. The molecule has 0 aromatic carbocycles. The average Bonchev–Trinajstić information content (AvgIpc) is 2.77. The summed E-state index contributed by atoms with van der Waals surface area (Å²) in [6.45, 7) is 4.09. The molecule has 0 amide bonds. The summed E-state index contributed by atoms with van der Waals surface area (Å²) in [5.41, 5.74) is -0.556. The number of esters is 2. The Bertz CT molecular complexity index is 386. The van der Waals surface area contributed by atoms with E-state index in [-0.39, 0.29) is 18.4 Å². The minimum Gasteiger partial charge on any atom is -0.393 e. The molecule has 1 unspecified atom stereocenters. The Morgan fingerprint density at radius 2 is 1.48 bits per heavy atom. The molecular formula is C20H34O3. The molecule has 3 heteroatoms. The van der Waals surface area contributed by atoms with Gasteiger partial charge in [-0.15, -0.1) is 0 Å². The summed E-state index contributed by atoms with van der Waals surface area (Å²) in [6.07, 6.45) is 19.3. The second-order valence-electron chi connectivity index (χ2n) is 7.13. The fourth-order valence-electron chi connectivity index (χ4n) is 3.08. The van der Waals surface area contributed by atoms with Gasteiger partial charge in [-0.3, -0.25) is 9.59 Å². The summed E-state index contributed by atoms with van der Waals surface area (Å²) in [5, 5.41) is 0. The zero-order valence-corrected chi connectivity index (χ0v) is 15.1. The van der Waals surface area contributed by atoms with Crippen LogP contribution in [0.25, 0.3) is 0 Å². The molecular weight excluding hydrogens is 288 g/mol. The Labute approximate surface area is 141 Å². The van der Waals surface area contributed by atoms with Gasteiger partial charge in [-0.25, -0.2) is 0 Å². The molecule has 0 aromatic rings. The van der Waals surface area contributed by atoms with Crippen LogP contribution in [0.15, 0.2) is 12.2 Å². The molecule has 0 saturated carbocycles. The maximum absolute atomic E-state index is 11.6. The van der Waals surface area contributed by atoms with Gasteiger partial charge in [-0.05, 0) is 39.0 Å². The molecule has 1 aliphatic rings. The van der Waals surface area contributed by atoms with Crippen molar-refractivity contribution in [3.8, 4) is 0 Å². The highest BCUT2D eigenvalue weighted by Crippen LogP contribution is 2.35. The van der Waals surface area contributed by atoms with E-state index in [1.54, 1.807) is 0 Å². The first-order chi connectivity index (χ1) is 11.1. The van der Waals surface area contributed by atoms with E-state index in [9.17, 15) is 9.59 Å². The van der Waals surface area contributed by atoms with Crippen molar-refractivity contribution >= 4 is 11.9 Å². The Hall–Kier alpha value is -1.12. The van der Waals surface area contributed by atoms with Crippen LogP contribution in [0, 0.1) is 5.41 Å². The fraction of sp³-hybridized carbons (Fsp3) is 0.800. The highest BCUT2D eigenvalue weighted by molar-refractivity contribution is 5.97. The van der Waals surface area contributed by atoms with E-state index in [1.165, 1.54) is 57.8 Å². The van der Waals surface area contributed by atoms with E-state index < -0.39 is 5.41 Å². The molecule has 0 bridgehead atoms. The Kier molecular flexibility index (Phi) is 9.89. The van der Waals surface area contributed by atoms with Gasteiger partial charge in [0.25, 0.3) is 0 Å². The number of cyclic esters (lactones) is 2. The van der Waals surface area contributed by atoms with E-state index in [1.807, 2.05) is 6.92 Å². The summed E-state index contributed by atoms with van der Waals surface area (Å²) in [7, 11) is 0. The van der Waals surface area contributed by atoms with Crippen LogP contribution in [0.3, 0.4) is 0 Å². The summed E-state index contributed by atoms with van der Waals surface area (Å²) in [5.74, 6) is -0.687.